The Hall–Kier alpha value is -2.33. The van der Waals surface area contributed by atoms with Gasteiger partial charge in [-0.2, -0.15) is 0 Å². The van der Waals surface area contributed by atoms with E-state index in [0.29, 0.717) is 13.0 Å². The van der Waals surface area contributed by atoms with Crippen LogP contribution in [0, 0.1) is 6.92 Å². The monoisotopic (exact) mass is 299 g/mol. The molecule has 0 fully saturated rings. The molecule has 2 aromatic carbocycles. The molecule has 0 saturated carbocycles. The van der Waals surface area contributed by atoms with Crippen molar-refractivity contribution in [1.82, 2.24) is 5.32 Å². The molecule has 2 aromatic rings. The Labute approximate surface area is 130 Å². The van der Waals surface area contributed by atoms with E-state index in [1.54, 1.807) is 7.11 Å². The first-order valence-corrected chi connectivity index (χ1v) is 7.24. The normalized spacial score (nSPS) is 11.9. The van der Waals surface area contributed by atoms with Crippen LogP contribution < -0.4 is 10.1 Å². The zero-order valence-electron chi connectivity index (χ0n) is 12.9. The van der Waals surface area contributed by atoms with Gasteiger partial charge >= 0.3 is 5.97 Å². The minimum Gasteiger partial charge on any atom is -0.496 e. The summed E-state index contributed by atoms with van der Waals surface area (Å²) in [5, 5.41) is 12.5. The molecule has 0 aromatic heterocycles. The van der Waals surface area contributed by atoms with Crippen LogP contribution in [0.3, 0.4) is 0 Å². The fourth-order valence-electron chi connectivity index (χ4n) is 2.31. The zero-order valence-corrected chi connectivity index (χ0v) is 12.9. The molecule has 116 valence electrons. The SMILES string of the molecule is COc1cc(CN[C@H](Cc2ccccc2)C(=O)O)ccc1C. The predicted octanol–water partition coefficient (Wildman–Crippen LogP) is 2.79. The van der Waals surface area contributed by atoms with Crippen molar-refractivity contribution in [1.29, 1.82) is 0 Å². The van der Waals surface area contributed by atoms with Crippen LogP contribution in [0.4, 0.5) is 0 Å². The van der Waals surface area contributed by atoms with Crippen molar-refractivity contribution in [2.75, 3.05) is 7.11 Å². The lowest BCUT2D eigenvalue weighted by atomic mass is 10.1. The molecule has 0 aliphatic rings. The predicted molar refractivity (Wildman–Crippen MR) is 86.1 cm³/mol. The Morgan fingerprint density at radius 3 is 2.55 bits per heavy atom. The molecule has 22 heavy (non-hydrogen) atoms. The van der Waals surface area contributed by atoms with E-state index < -0.39 is 12.0 Å². The van der Waals surface area contributed by atoms with Gasteiger partial charge in [0, 0.05) is 6.54 Å². The van der Waals surface area contributed by atoms with Gasteiger partial charge in [-0.3, -0.25) is 4.79 Å². The number of benzene rings is 2. The van der Waals surface area contributed by atoms with Crippen molar-refractivity contribution < 1.29 is 14.6 Å². The maximum atomic E-state index is 11.4. The van der Waals surface area contributed by atoms with E-state index in [4.69, 9.17) is 4.74 Å². The van der Waals surface area contributed by atoms with Gasteiger partial charge in [0.05, 0.1) is 7.11 Å². The van der Waals surface area contributed by atoms with Crippen LogP contribution in [0.1, 0.15) is 16.7 Å². The van der Waals surface area contributed by atoms with Crippen LogP contribution in [0.5, 0.6) is 5.75 Å². The van der Waals surface area contributed by atoms with Gasteiger partial charge in [-0.05, 0) is 36.1 Å². The first kappa shape index (κ1) is 16.0. The highest BCUT2D eigenvalue weighted by Crippen LogP contribution is 2.19. The van der Waals surface area contributed by atoms with Gasteiger partial charge in [0.25, 0.3) is 0 Å². The summed E-state index contributed by atoms with van der Waals surface area (Å²) in [5.74, 6) is -0.0304. The highest BCUT2D eigenvalue weighted by atomic mass is 16.5. The number of nitrogens with one attached hydrogen (secondary N) is 1. The Morgan fingerprint density at radius 2 is 1.91 bits per heavy atom. The van der Waals surface area contributed by atoms with E-state index in [2.05, 4.69) is 5.32 Å². The van der Waals surface area contributed by atoms with Crippen LogP contribution >= 0.6 is 0 Å². The molecular formula is C18H21NO3. The van der Waals surface area contributed by atoms with Crippen molar-refractivity contribution >= 4 is 5.97 Å². The summed E-state index contributed by atoms with van der Waals surface area (Å²) >= 11 is 0. The molecule has 1 atom stereocenters. The number of carboxylic acid groups (broad SMARTS) is 1. The van der Waals surface area contributed by atoms with Crippen molar-refractivity contribution in [3.8, 4) is 5.75 Å². The Kier molecular flexibility index (Phi) is 5.55. The first-order valence-electron chi connectivity index (χ1n) is 7.24. The summed E-state index contributed by atoms with van der Waals surface area (Å²) in [4.78, 5) is 11.4. The van der Waals surface area contributed by atoms with Crippen LogP contribution in [0.15, 0.2) is 48.5 Å². The van der Waals surface area contributed by atoms with Gasteiger partial charge in [0.15, 0.2) is 0 Å². The molecule has 4 nitrogen and oxygen atoms in total. The fourth-order valence-corrected chi connectivity index (χ4v) is 2.31. The lowest BCUT2D eigenvalue weighted by Crippen LogP contribution is -2.38. The first-order chi connectivity index (χ1) is 10.6. The maximum Gasteiger partial charge on any atom is 0.321 e. The molecule has 0 spiro atoms. The average molecular weight is 299 g/mol. The van der Waals surface area contributed by atoms with Crippen molar-refractivity contribution in [3.63, 3.8) is 0 Å². The van der Waals surface area contributed by atoms with E-state index in [1.165, 1.54) is 0 Å². The second kappa shape index (κ2) is 7.61. The highest BCUT2D eigenvalue weighted by molar-refractivity contribution is 5.73. The second-order valence-electron chi connectivity index (χ2n) is 5.27. The van der Waals surface area contributed by atoms with E-state index in [1.807, 2.05) is 55.5 Å². The number of methoxy groups -OCH3 is 1. The van der Waals surface area contributed by atoms with Crippen molar-refractivity contribution in [2.45, 2.75) is 25.9 Å². The van der Waals surface area contributed by atoms with Gasteiger partial charge in [0.2, 0.25) is 0 Å². The molecule has 0 unspecified atom stereocenters. The summed E-state index contributed by atoms with van der Waals surface area (Å²) < 4.78 is 5.29. The molecule has 0 saturated heterocycles. The van der Waals surface area contributed by atoms with Crippen molar-refractivity contribution in [2.24, 2.45) is 0 Å². The second-order valence-corrected chi connectivity index (χ2v) is 5.27. The smallest absolute Gasteiger partial charge is 0.321 e. The molecule has 0 bridgehead atoms. The quantitative estimate of drug-likeness (QED) is 0.825. The van der Waals surface area contributed by atoms with Crippen LogP contribution in [0.25, 0.3) is 0 Å². The van der Waals surface area contributed by atoms with Gasteiger partial charge < -0.3 is 15.2 Å². The Bertz CT molecular complexity index is 625. The van der Waals surface area contributed by atoms with Gasteiger partial charge in [-0.25, -0.2) is 0 Å². The summed E-state index contributed by atoms with van der Waals surface area (Å²) in [6.07, 6.45) is 0.458. The third-order valence-electron chi connectivity index (χ3n) is 3.61. The molecule has 0 aliphatic carbocycles. The molecule has 0 radical (unpaired) electrons. The standard InChI is InChI=1S/C18H21NO3/c1-13-8-9-15(11-17(13)22-2)12-19-16(18(20)21)10-14-6-4-3-5-7-14/h3-9,11,16,19H,10,12H2,1-2H3,(H,20,21)/t16-/m1/s1. The number of aryl methyl sites for hydroxylation is 1. The molecule has 2 rings (SSSR count). The number of rotatable bonds is 7. The van der Waals surface area contributed by atoms with Crippen LogP contribution in [-0.4, -0.2) is 24.2 Å². The summed E-state index contributed by atoms with van der Waals surface area (Å²) in [7, 11) is 1.63. The highest BCUT2D eigenvalue weighted by Gasteiger charge is 2.17. The zero-order chi connectivity index (χ0) is 15.9. The van der Waals surface area contributed by atoms with Gasteiger partial charge in [0.1, 0.15) is 11.8 Å². The minimum atomic E-state index is -0.845. The van der Waals surface area contributed by atoms with Gasteiger partial charge in [-0.1, -0.05) is 42.5 Å². The van der Waals surface area contributed by atoms with Crippen LogP contribution in [0.2, 0.25) is 0 Å². The number of hydrogen-bond donors (Lipinski definition) is 2. The fraction of sp³-hybridized carbons (Fsp3) is 0.278. The number of carboxylic acids is 1. The Morgan fingerprint density at radius 1 is 1.18 bits per heavy atom. The average Bonchev–Trinajstić information content (AvgIpc) is 2.53. The lowest BCUT2D eigenvalue weighted by Gasteiger charge is -2.15. The third-order valence-corrected chi connectivity index (χ3v) is 3.61. The van der Waals surface area contributed by atoms with Gasteiger partial charge in [-0.15, -0.1) is 0 Å². The van der Waals surface area contributed by atoms with E-state index in [-0.39, 0.29) is 0 Å². The number of carbonyl (C=O) groups is 1. The largest absolute Gasteiger partial charge is 0.496 e. The van der Waals surface area contributed by atoms with E-state index in [9.17, 15) is 9.90 Å². The third kappa shape index (κ3) is 4.33. The molecule has 4 heteroatoms. The van der Waals surface area contributed by atoms with Crippen molar-refractivity contribution in [3.05, 3.63) is 65.2 Å². The topological polar surface area (TPSA) is 58.6 Å². The number of ether oxygens (including phenoxy) is 1. The lowest BCUT2D eigenvalue weighted by molar-refractivity contribution is -0.139. The summed E-state index contributed by atoms with van der Waals surface area (Å²) in [5.41, 5.74) is 3.07. The molecule has 0 aliphatic heterocycles. The minimum absolute atomic E-state index is 0.458. The summed E-state index contributed by atoms with van der Waals surface area (Å²) in [6.45, 7) is 2.46. The Balaban J connectivity index is 2.01. The molecule has 0 heterocycles. The molecule has 2 N–H and O–H groups in total. The maximum absolute atomic E-state index is 11.4. The molecular weight excluding hydrogens is 278 g/mol. The van der Waals surface area contributed by atoms with E-state index in [0.717, 1.165) is 22.4 Å². The number of aliphatic carboxylic acids is 1. The molecule has 0 amide bonds. The van der Waals surface area contributed by atoms with Crippen LogP contribution in [-0.2, 0) is 17.8 Å². The summed E-state index contributed by atoms with van der Waals surface area (Å²) in [6, 6.07) is 14.9. The number of hydrogen-bond acceptors (Lipinski definition) is 3. The van der Waals surface area contributed by atoms with E-state index >= 15 is 0 Å².